The standard InChI is InChI=1S/C67H106N10O13/c1-18-40(9)56-58(80)68-36-52(79)73(13)54(38(5)6)59(81)69-48(31-43-23-25-47(89-17)26-24-43)66(88)90-42(11)61(83)77-27-21-20-22-49(77)62(84)74(14)55(39(7)8)60(82)70-53(37(3)4)64(86)72(12)50(63(85)76(16)57(41(10)19-2)65(87)75(56)15)32-51(78)71-67-33-44-28-45(34-67)30-46(29-44)35-67/h23-26,37-42,44-46,48-50,53-57H,18-22,27-36H2,1-17H3,(H,68,80)(H,69,81)(H,70,82)(H,71,78)/t40-,41+,42+,44?,45?,46?,48+,49+,50-,53+,54+,55+,56+,57+,67?/m1/s1. The predicted molar refractivity (Wildman–Crippen MR) is 338 cm³/mol. The molecule has 4 N–H and O–H groups in total. The van der Waals surface area contributed by atoms with Crippen LogP contribution in [0.25, 0.3) is 0 Å². The largest absolute Gasteiger partial charge is 0.497 e. The topological polar surface area (TPSA) is 274 Å². The summed E-state index contributed by atoms with van der Waals surface area (Å²) in [5, 5.41) is 11.8. The quantitative estimate of drug-likeness (QED) is 0.201. The Bertz CT molecular complexity index is 2740. The van der Waals surface area contributed by atoms with Crippen LogP contribution < -0.4 is 26.0 Å². The summed E-state index contributed by atoms with van der Waals surface area (Å²) in [7, 11) is 8.71. The van der Waals surface area contributed by atoms with Crippen LogP contribution in [-0.4, -0.2) is 210 Å². The number of hydrogen-bond donors (Lipinski definition) is 4. The first-order valence-electron chi connectivity index (χ1n) is 33.0. The molecular weight excluding hydrogens is 1150 g/mol. The number of esters is 1. The van der Waals surface area contributed by atoms with Crippen LogP contribution in [0.3, 0.4) is 0 Å². The van der Waals surface area contributed by atoms with Crippen LogP contribution in [0.5, 0.6) is 5.75 Å². The lowest BCUT2D eigenvalue weighted by Crippen LogP contribution is -2.64. The number of nitrogens with one attached hydrogen (secondary N) is 4. The minimum atomic E-state index is -1.49. The van der Waals surface area contributed by atoms with Crippen molar-refractivity contribution in [1.82, 2.24) is 50.7 Å². The molecule has 90 heavy (non-hydrogen) atoms. The summed E-state index contributed by atoms with van der Waals surface area (Å²) in [6.45, 7) is 18.6. The second-order valence-electron chi connectivity index (χ2n) is 28.0. The smallest absolute Gasteiger partial charge is 0.329 e. The molecule has 1 aromatic rings. The van der Waals surface area contributed by atoms with E-state index in [4.69, 9.17) is 9.47 Å². The molecule has 10 amide bonds. The van der Waals surface area contributed by atoms with Gasteiger partial charge in [0.15, 0.2) is 6.10 Å². The molecule has 4 saturated carbocycles. The van der Waals surface area contributed by atoms with Crippen LogP contribution in [0, 0.1) is 47.3 Å². The summed E-state index contributed by atoms with van der Waals surface area (Å²) < 4.78 is 11.3. The molecule has 6 aliphatic rings. The lowest BCUT2D eigenvalue weighted by Gasteiger charge is -2.57. The van der Waals surface area contributed by atoms with Crippen molar-refractivity contribution in [2.24, 2.45) is 47.3 Å². The Labute approximate surface area is 533 Å². The number of carbonyl (C=O) groups excluding carboxylic acids is 11. The van der Waals surface area contributed by atoms with E-state index >= 15 is 14.4 Å². The molecule has 0 radical (unpaired) electrons. The Balaban J connectivity index is 1.42. The second kappa shape index (κ2) is 31.0. The molecule has 2 saturated heterocycles. The van der Waals surface area contributed by atoms with E-state index < -0.39 is 168 Å². The van der Waals surface area contributed by atoms with Crippen molar-refractivity contribution in [3.63, 3.8) is 0 Å². The van der Waals surface area contributed by atoms with Gasteiger partial charge in [0, 0.05) is 53.7 Å². The second-order valence-corrected chi connectivity index (χ2v) is 28.0. The SMILES string of the molecule is CC[C@@H](C)[C@H]1C(=O)NCC(=O)N(C)[C@@H](C(C)C)C(=O)N[C@@H](Cc2ccc(OC)cc2)C(=O)O[C@@H](C)C(=O)N2CCCC[C@H]2C(=O)N(C)[C@@H](C(C)C)C(=O)N[C@@H](C(C)C)C(=O)N(C)[C@H](CC(=O)NC23CC4CC(CC(C4)C2)C3)C(=O)N(C)[C@@H]([C@@H](C)CC)C(=O)N1C. The van der Waals surface area contributed by atoms with Gasteiger partial charge in [0.1, 0.15) is 54.1 Å². The summed E-state index contributed by atoms with van der Waals surface area (Å²) in [6, 6.07) is -3.29. The van der Waals surface area contributed by atoms with E-state index in [1.54, 1.807) is 79.7 Å². The summed E-state index contributed by atoms with van der Waals surface area (Å²) >= 11 is 0. The zero-order chi connectivity index (χ0) is 67.0. The van der Waals surface area contributed by atoms with E-state index in [-0.39, 0.29) is 19.4 Å². The third-order valence-electron chi connectivity index (χ3n) is 20.3. The number of likely N-dealkylation sites (N-methyl/N-ethyl adjacent to an activating group) is 5. The van der Waals surface area contributed by atoms with Gasteiger partial charge in [-0.15, -0.1) is 0 Å². The van der Waals surface area contributed by atoms with E-state index in [1.165, 1.54) is 78.7 Å². The number of ether oxygens (including phenoxy) is 2. The summed E-state index contributed by atoms with van der Waals surface area (Å²) in [5.74, 6) is -8.11. The van der Waals surface area contributed by atoms with Crippen LogP contribution in [0.2, 0.25) is 0 Å². The molecule has 1 aromatic carbocycles. The monoisotopic (exact) mass is 1260 g/mol. The van der Waals surface area contributed by atoms with Crippen molar-refractivity contribution in [2.75, 3.05) is 55.4 Å². The van der Waals surface area contributed by atoms with Crippen LogP contribution in [0.1, 0.15) is 159 Å². The van der Waals surface area contributed by atoms with Crippen LogP contribution >= 0.6 is 0 Å². The maximum absolute atomic E-state index is 15.6. The number of rotatable bonds is 13. The first kappa shape index (κ1) is 72.3. The van der Waals surface area contributed by atoms with Gasteiger partial charge >= 0.3 is 5.97 Å². The maximum atomic E-state index is 15.6. The van der Waals surface area contributed by atoms with Gasteiger partial charge in [0.25, 0.3) is 5.91 Å². The molecule has 2 aliphatic heterocycles. The molecule has 2 heterocycles. The molecule has 0 unspecified atom stereocenters. The van der Waals surface area contributed by atoms with E-state index in [1.807, 2.05) is 13.8 Å². The molecule has 502 valence electrons. The Morgan fingerprint density at radius 1 is 0.622 bits per heavy atom. The van der Waals surface area contributed by atoms with Crippen molar-refractivity contribution < 1.29 is 62.2 Å². The highest BCUT2D eigenvalue weighted by Crippen LogP contribution is 2.55. The zero-order valence-electron chi connectivity index (χ0n) is 56.7. The van der Waals surface area contributed by atoms with Gasteiger partial charge < -0.3 is 60.1 Å². The van der Waals surface area contributed by atoms with E-state index in [2.05, 4.69) is 21.3 Å². The summed E-state index contributed by atoms with van der Waals surface area (Å²) in [4.78, 5) is 171. The number of piperidine rings is 1. The lowest BCUT2D eigenvalue weighted by atomic mass is 9.53. The number of amides is 10. The molecule has 11 atom stereocenters. The third kappa shape index (κ3) is 16.6. The van der Waals surface area contributed by atoms with Crippen LogP contribution in [-0.2, 0) is 63.9 Å². The number of methoxy groups -OCH3 is 1. The number of benzene rings is 1. The molecule has 0 aromatic heterocycles. The van der Waals surface area contributed by atoms with Crippen LogP contribution in [0.15, 0.2) is 24.3 Å². The summed E-state index contributed by atoms with van der Waals surface area (Å²) in [6.07, 6.45) is 5.94. The molecule has 4 bridgehead atoms. The number of nitrogens with zero attached hydrogens (tertiary/aromatic N) is 6. The van der Waals surface area contributed by atoms with Gasteiger partial charge in [-0.05, 0) is 130 Å². The average Bonchev–Trinajstić information content (AvgIpc) is 0.762. The van der Waals surface area contributed by atoms with Crippen molar-refractivity contribution in [2.45, 2.75) is 220 Å². The van der Waals surface area contributed by atoms with Gasteiger partial charge in [-0.1, -0.05) is 94.2 Å². The van der Waals surface area contributed by atoms with Gasteiger partial charge in [-0.3, -0.25) is 47.9 Å². The van der Waals surface area contributed by atoms with Gasteiger partial charge in [-0.2, -0.15) is 0 Å². The fraction of sp³-hybridized carbons (Fsp3) is 0.746. The predicted octanol–water partition coefficient (Wildman–Crippen LogP) is 4.32. The molecule has 7 rings (SSSR count). The number of cyclic esters (lactones) is 1. The van der Waals surface area contributed by atoms with Crippen molar-refractivity contribution in [3.05, 3.63) is 29.8 Å². The van der Waals surface area contributed by atoms with Crippen LogP contribution in [0.4, 0.5) is 0 Å². The Morgan fingerprint density at radius 2 is 1.14 bits per heavy atom. The van der Waals surface area contributed by atoms with E-state index in [0.29, 0.717) is 54.7 Å². The molecule has 23 heteroatoms. The Morgan fingerprint density at radius 3 is 1.68 bits per heavy atom. The van der Waals surface area contributed by atoms with Crippen molar-refractivity contribution in [1.29, 1.82) is 0 Å². The number of fused-ring (bicyclic) bond motifs is 1. The Hall–Kier alpha value is -6.81. The molecule has 4 aliphatic carbocycles. The lowest BCUT2D eigenvalue weighted by molar-refractivity contribution is -0.165. The van der Waals surface area contributed by atoms with Crippen molar-refractivity contribution in [3.8, 4) is 5.75 Å². The highest BCUT2D eigenvalue weighted by atomic mass is 16.5. The first-order valence-corrected chi connectivity index (χ1v) is 33.0. The summed E-state index contributed by atoms with van der Waals surface area (Å²) in [5.41, 5.74) is 0.144. The van der Waals surface area contributed by atoms with E-state index in [9.17, 15) is 38.4 Å². The molecule has 6 fully saturated rings. The zero-order valence-corrected chi connectivity index (χ0v) is 56.7. The van der Waals surface area contributed by atoms with Crippen molar-refractivity contribution >= 4 is 65.0 Å². The minimum Gasteiger partial charge on any atom is -0.497 e. The highest BCUT2D eigenvalue weighted by Gasteiger charge is 2.53. The van der Waals surface area contributed by atoms with E-state index in [0.717, 1.165) is 38.5 Å². The fourth-order valence-electron chi connectivity index (χ4n) is 15.3. The van der Waals surface area contributed by atoms with Gasteiger partial charge in [0.05, 0.1) is 20.1 Å². The molecular formula is C67H106N10O13. The third-order valence-corrected chi connectivity index (χ3v) is 20.3. The average molecular weight is 1260 g/mol. The fourth-order valence-corrected chi connectivity index (χ4v) is 15.3. The van der Waals surface area contributed by atoms with Gasteiger partial charge in [0.2, 0.25) is 53.2 Å². The molecule has 23 nitrogen and oxygen atoms in total. The molecule has 0 spiro atoms. The minimum absolute atomic E-state index is 0.105. The normalized spacial score (nSPS) is 31.2. The number of carbonyl (C=O) groups is 11. The first-order chi connectivity index (χ1) is 42.3. The highest BCUT2D eigenvalue weighted by molar-refractivity contribution is 6.00. The maximum Gasteiger partial charge on any atom is 0.329 e. The Kier molecular flexibility index (Phi) is 24.9. The van der Waals surface area contributed by atoms with Gasteiger partial charge in [-0.25, -0.2) is 4.79 Å². The number of hydrogen-bond acceptors (Lipinski definition) is 13.